The molecule has 17 heavy (non-hydrogen) atoms. The number of aryl methyl sites for hydroxylation is 1. The SMILES string of the molecule is Cc1ccccc1C1(CNC2CC2)CC(C)C1. The Morgan fingerprint density at radius 1 is 1.24 bits per heavy atom. The molecule has 1 heteroatoms. The monoisotopic (exact) mass is 229 g/mol. The Morgan fingerprint density at radius 3 is 2.53 bits per heavy atom. The molecule has 92 valence electrons. The summed E-state index contributed by atoms with van der Waals surface area (Å²) in [5, 5.41) is 3.75. The van der Waals surface area contributed by atoms with Crippen LogP contribution in [0.3, 0.4) is 0 Å². The normalized spacial score (nSPS) is 32.2. The molecule has 0 spiro atoms. The van der Waals surface area contributed by atoms with Gasteiger partial charge in [0, 0.05) is 18.0 Å². The van der Waals surface area contributed by atoms with E-state index in [2.05, 4.69) is 43.4 Å². The zero-order valence-corrected chi connectivity index (χ0v) is 11.0. The van der Waals surface area contributed by atoms with Crippen molar-refractivity contribution in [2.75, 3.05) is 6.54 Å². The Hall–Kier alpha value is -0.820. The summed E-state index contributed by atoms with van der Waals surface area (Å²) in [4.78, 5) is 0. The number of nitrogens with one attached hydrogen (secondary N) is 1. The lowest BCUT2D eigenvalue weighted by Gasteiger charge is -2.48. The van der Waals surface area contributed by atoms with Gasteiger partial charge >= 0.3 is 0 Å². The molecule has 2 aliphatic rings. The summed E-state index contributed by atoms with van der Waals surface area (Å²) in [6.07, 6.45) is 5.49. The Labute approximate surface area is 105 Å². The van der Waals surface area contributed by atoms with E-state index in [9.17, 15) is 0 Å². The van der Waals surface area contributed by atoms with Crippen molar-refractivity contribution < 1.29 is 0 Å². The molecular formula is C16H23N. The van der Waals surface area contributed by atoms with Crippen LogP contribution in [0.4, 0.5) is 0 Å². The van der Waals surface area contributed by atoms with Crippen LogP contribution in [0.1, 0.15) is 43.7 Å². The van der Waals surface area contributed by atoms with Crippen LogP contribution in [0.2, 0.25) is 0 Å². The fourth-order valence-electron chi connectivity index (χ4n) is 3.53. The van der Waals surface area contributed by atoms with Crippen LogP contribution >= 0.6 is 0 Å². The van der Waals surface area contributed by atoms with Crippen LogP contribution in [0.15, 0.2) is 24.3 Å². The minimum atomic E-state index is 0.438. The summed E-state index contributed by atoms with van der Waals surface area (Å²) in [6, 6.07) is 9.78. The summed E-state index contributed by atoms with van der Waals surface area (Å²) < 4.78 is 0. The van der Waals surface area contributed by atoms with Crippen molar-refractivity contribution in [1.29, 1.82) is 0 Å². The molecule has 2 saturated carbocycles. The lowest BCUT2D eigenvalue weighted by atomic mass is 9.58. The van der Waals surface area contributed by atoms with Crippen LogP contribution < -0.4 is 5.32 Å². The van der Waals surface area contributed by atoms with E-state index in [-0.39, 0.29) is 0 Å². The molecule has 1 N–H and O–H groups in total. The molecule has 0 amide bonds. The van der Waals surface area contributed by atoms with Crippen LogP contribution in [-0.4, -0.2) is 12.6 Å². The highest BCUT2D eigenvalue weighted by atomic mass is 15.0. The smallest absolute Gasteiger partial charge is 0.00855 e. The third-order valence-corrected chi connectivity index (χ3v) is 4.50. The molecule has 3 rings (SSSR count). The highest BCUT2D eigenvalue weighted by molar-refractivity contribution is 5.36. The van der Waals surface area contributed by atoms with Crippen LogP contribution in [0.5, 0.6) is 0 Å². The highest BCUT2D eigenvalue weighted by Crippen LogP contribution is 2.48. The van der Waals surface area contributed by atoms with Gasteiger partial charge in [0.2, 0.25) is 0 Å². The van der Waals surface area contributed by atoms with Gasteiger partial charge < -0.3 is 5.32 Å². The maximum absolute atomic E-state index is 3.75. The largest absolute Gasteiger partial charge is 0.313 e. The zero-order chi connectivity index (χ0) is 11.9. The predicted molar refractivity (Wildman–Crippen MR) is 72.3 cm³/mol. The van der Waals surface area contributed by atoms with Crippen LogP contribution in [-0.2, 0) is 5.41 Å². The molecule has 0 bridgehead atoms. The molecule has 1 aromatic carbocycles. The highest BCUT2D eigenvalue weighted by Gasteiger charge is 2.44. The fourth-order valence-corrected chi connectivity index (χ4v) is 3.53. The second-order valence-electron chi connectivity index (χ2n) is 6.26. The lowest BCUT2D eigenvalue weighted by Crippen LogP contribution is -2.48. The number of benzene rings is 1. The van der Waals surface area contributed by atoms with E-state index in [1.165, 1.54) is 37.8 Å². The average molecular weight is 229 g/mol. The van der Waals surface area contributed by atoms with Gasteiger partial charge in [-0.05, 0) is 49.7 Å². The fraction of sp³-hybridized carbons (Fsp3) is 0.625. The van der Waals surface area contributed by atoms with Crippen molar-refractivity contribution in [1.82, 2.24) is 5.32 Å². The average Bonchev–Trinajstić information content (AvgIpc) is 3.07. The molecule has 0 aliphatic heterocycles. The van der Waals surface area contributed by atoms with E-state index < -0.39 is 0 Å². The maximum atomic E-state index is 3.75. The first-order valence-corrected chi connectivity index (χ1v) is 6.99. The Balaban J connectivity index is 1.81. The van der Waals surface area contributed by atoms with Crippen molar-refractivity contribution in [3.05, 3.63) is 35.4 Å². The van der Waals surface area contributed by atoms with Crippen LogP contribution in [0.25, 0.3) is 0 Å². The summed E-state index contributed by atoms with van der Waals surface area (Å²) in [5.41, 5.74) is 3.50. The molecule has 0 radical (unpaired) electrons. The van der Waals surface area contributed by atoms with E-state index in [0.29, 0.717) is 5.41 Å². The summed E-state index contributed by atoms with van der Waals surface area (Å²) >= 11 is 0. The summed E-state index contributed by atoms with van der Waals surface area (Å²) in [5.74, 6) is 0.899. The van der Waals surface area contributed by atoms with Gasteiger partial charge in [-0.3, -0.25) is 0 Å². The first-order chi connectivity index (χ1) is 8.20. The van der Waals surface area contributed by atoms with Crippen molar-refractivity contribution in [2.45, 2.75) is 51.0 Å². The Kier molecular flexibility index (Phi) is 2.74. The van der Waals surface area contributed by atoms with Gasteiger partial charge in [0.1, 0.15) is 0 Å². The lowest BCUT2D eigenvalue weighted by molar-refractivity contribution is 0.151. The zero-order valence-electron chi connectivity index (χ0n) is 11.0. The molecule has 0 saturated heterocycles. The van der Waals surface area contributed by atoms with E-state index in [4.69, 9.17) is 0 Å². The van der Waals surface area contributed by atoms with E-state index in [1.54, 1.807) is 5.56 Å². The Morgan fingerprint density at radius 2 is 1.94 bits per heavy atom. The maximum Gasteiger partial charge on any atom is 0.00855 e. The van der Waals surface area contributed by atoms with E-state index in [1.807, 2.05) is 0 Å². The quantitative estimate of drug-likeness (QED) is 0.834. The van der Waals surface area contributed by atoms with Crippen molar-refractivity contribution >= 4 is 0 Å². The molecule has 0 heterocycles. The third-order valence-electron chi connectivity index (χ3n) is 4.50. The van der Waals surface area contributed by atoms with Crippen LogP contribution in [0, 0.1) is 12.8 Å². The standard InChI is InChI=1S/C16H23N/c1-12-9-16(10-12,11-17-14-7-8-14)15-6-4-3-5-13(15)2/h3-6,12,14,17H,7-11H2,1-2H3. The second-order valence-corrected chi connectivity index (χ2v) is 6.26. The molecule has 1 aromatic rings. The molecule has 0 atom stereocenters. The van der Waals surface area contributed by atoms with Gasteiger partial charge in [0.25, 0.3) is 0 Å². The van der Waals surface area contributed by atoms with Gasteiger partial charge in [0.15, 0.2) is 0 Å². The first-order valence-electron chi connectivity index (χ1n) is 6.99. The molecular weight excluding hydrogens is 206 g/mol. The summed E-state index contributed by atoms with van der Waals surface area (Å²) in [7, 11) is 0. The van der Waals surface area contributed by atoms with E-state index >= 15 is 0 Å². The molecule has 2 aliphatic carbocycles. The second kappa shape index (κ2) is 4.13. The molecule has 0 unspecified atom stereocenters. The van der Waals surface area contributed by atoms with Crippen molar-refractivity contribution in [3.63, 3.8) is 0 Å². The minimum absolute atomic E-state index is 0.438. The van der Waals surface area contributed by atoms with Crippen molar-refractivity contribution in [3.8, 4) is 0 Å². The molecule has 2 fully saturated rings. The third kappa shape index (κ3) is 2.13. The van der Waals surface area contributed by atoms with Gasteiger partial charge in [-0.1, -0.05) is 31.2 Å². The van der Waals surface area contributed by atoms with Gasteiger partial charge in [-0.2, -0.15) is 0 Å². The molecule has 1 nitrogen and oxygen atoms in total. The van der Waals surface area contributed by atoms with Gasteiger partial charge in [-0.25, -0.2) is 0 Å². The molecule has 0 aromatic heterocycles. The first kappa shape index (κ1) is 11.3. The van der Waals surface area contributed by atoms with E-state index in [0.717, 1.165) is 12.0 Å². The van der Waals surface area contributed by atoms with Gasteiger partial charge in [0.05, 0.1) is 0 Å². The Bertz CT molecular complexity index is 400. The minimum Gasteiger partial charge on any atom is -0.313 e. The van der Waals surface area contributed by atoms with Gasteiger partial charge in [-0.15, -0.1) is 0 Å². The number of rotatable bonds is 4. The number of hydrogen-bond acceptors (Lipinski definition) is 1. The number of hydrogen-bond donors (Lipinski definition) is 1. The topological polar surface area (TPSA) is 12.0 Å². The summed E-state index contributed by atoms with van der Waals surface area (Å²) in [6.45, 7) is 5.83. The predicted octanol–water partition coefficient (Wildman–Crippen LogP) is 3.41. The van der Waals surface area contributed by atoms with Crippen molar-refractivity contribution in [2.24, 2.45) is 5.92 Å².